The number of carbonyl (C=O) groups excluding carboxylic acids is 2. The van der Waals surface area contributed by atoms with Crippen LogP contribution < -0.4 is 20.1 Å². The number of anilines is 2. The summed E-state index contributed by atoms with van der Waals surface area (Å²) in [5.41, 5.74) is 1.55. The number of pyridine rings is 1. The number of benzene rings is 3. The van der Waals surface area contributed by atoms with Crippen molar-refractivity contribution in [1.29, 1.82) is 0 Å². The molecular formula is C34H32FN3O5. The first-order valence-electron chi connectivity index (χ1n) is 14.7. The fourth-order valence-electron chi connectivity index (χ4n) is 5.59. The Bertz CT molecular complexity index is 1720. The van der Waals surface area contributed by atoms with Gasteiger partial charge in [0.15, 0.2) is 11.6 Å². The maximum Gasteiger partial charge on any atom is 0.240 e. The third-order valence-corrected chi connectivity index (χ3v) is 8.59. The lowest BCUT2D eigenvalue weighted by Crippen LogP contribution is -2.35. The molecule has 1 spiro atoms. The van der Waals surface area contributed by atoms with Gasteiger partial charge in [0.25, 0.3) is 0 Å². The number of hydrogen-bond acceptors (Lipinski definition) is 6. The van der Waals surface area contributed by atoms with E-state index in [1.165, 1.54) is 12.1 Å². The molecule has 1 unspecified atom stereocenters. The van der Waals surface area contributed by atoms with Crippen LogP contribution in [0.5, 0.6) is 17.2 Å². The van der Waals surface area contributed by atoms with Crippen LogP contribution in [0.1, 0.15) is 44.1 Å². The van der Waals surface area contributed by atoms with Gasteiger partial charge in [0, 0.05) is 35.1 Å². The average Bonchev–Trinajstić information content (AvgIpc) is 3.92. The van der Waals surface area contributed by atoms with Crippen LogP contribution in [-0.2, 0) is 14.3 Å². The van der Waals surface area contributed by atoms with E-state index in [4.69, 9.17) is 14.2 Å². The van der Waals surface area contributed by atoms with E-state index in [-0.39, 0.29) is 29.0 Å². The van der Waals surface area contributed by atoms with Crippen molar-refractivity contribution < 1.29 is 28.2 Å². The van der Waals surface area contributed by atoms with E-state index in [2.05, 4.69) is 15.6 Å². The Kier molecular flexibility index (Phi) is 6.77. The number of nitrogens with zero attached hydrogens (tertiary/aromatic N) is 1. The number of ether oxygens (including phenoxy) is 3. The first kappa shape index (κ1) is 27.3. The Labute approximate surface area is 248 Å². The summed E-state index contributed by atoms with van der Waals surface area (Å²) < 4.78 is 33.2. The summed E-state index contributed by atoms with van der Waals surface area (Å²) in [6.07, 6.45) is 6.99. The highest BCUT2D eigenvalue weighted by Gasteiger charge is 2.56. The number of rotatable bonds is 9. The van der Waals surface area contributed by atoms with E-state index in [9.17, 15) is 9.59 Å². The number of carbonyl (C=O) groups is 2. The van der Waals surface area contributed by atoms with Crippen molar-refractivity contribution in [3.8, 4) is 17.2 Å². The molecule has 43 heavy (non-hydrogen) atoms. The van der Waals surface area contributed by atoms with Crippen molar-refractivity contribution in [1.82, 2.24) is 4.98 Å². The van der Waals surface area contributed by atoms with Crippen molar-refractivity contribution in [2.75, 3.05) is 17.2 Å². The zero-order valence-corrected chi connectivity index (χ0v) is 23.8. The van der Waals surface area contributed by atoms with Crippen molar-refractivity contribution in [2.24, 2.45) is 5.41 Å². The lowest BCUT2D eigenvalue weighted by Gasteiger charge is -2.16. The molecule has 3 fully saturated rings. The molecule has 1 atom stereocenters. The largest absolute Gasteiger partial charge is 0.491 e. The zero-order chi connectivity index (χ0) is 29.6. The predicted octanol–water partition coefficient (Wildman–Crippen LogP) is 6.92. The molecule has 220 valence electrons. The number of amides is 2. The molecule has 2 amide bonds. The van der Waals surface area contributed by atoms with E-state index in [1.807, 2.05) is 37.3 Å². The van der Waals surface area contributed by atoms with E-state index in [1.54, 1.807) is 30.5 Å². The van der Waals surface area contributed by atoms with Gasteiger partial charge in [-0.15, -0.1) is 0 Å². The fourth-order valence-corrected chi connectivity index (χ4v) is 5.59. The summed E-state index contributed by atoms with van der Waals surface area (Å²) in [7, 11) is 0. The molecule has 4 aromatic rings. The molecule has 3 aromatic carbocycles. The molecule has 1 aromatic heterocycles. The maximum atomic E-state index is 15.1. The van der Waals surface area contributed by atoms with Crippen LogP contribution in [0, 0.1) is 18.2 Å². The number of aromatic nitrogens is 1. The SMILES string of the molecule is Cc1ccc(NC(=O)C2(C(=O)Nc3ccc(Oc4ccnc5cc(OCC6CCC7(CC7)O6)ccc45)c(F)c3)CC2)cc1. The molecule has 2 heterocycles. The molecule has 7 rings (SSSR count). The second kappa shape index (κ2) is 10.6. The van der Waals surface area contributed by atoms with E-state index >= 15 is 4.39 Å². The molecule has 3 aliphatic rings. The Balaban J connectivity index is 0.992. The molecule has 0 radical (unpaired) electrons. The van der Waals surface area contributed by atoms with Gasteiger partial charge in [0.1, 0.15) is 23.5 Å². The van der Waals surface area contributed by atoms with Crippen molar-refractivity contribution >= 4 is 34.1 Å². The van der Waals surface area contributed by atoms with Crippen LogP contribution in [0.15, 0.2) is 72.9 Å². The second-order valence-electron chi connectivity index (χ2n) is 11.9. The van der Waals surface area contributed by atoms with E-state index < -0.39 is 17.1 Å². The molecule has 2 saturated carbocycles. The Morgan fingerprint density at radius 1 is 0.907 bits per heavy atom. The predicted molar refractivity (Wildman–Crippen MR) is 160 cm³/mol. The smallest absolute Gasteiger partial charge is 0.240 e. The summed E-state index contributed by atoms with van der Waals surface area (Å²) in [6, 6.07) is 18.7. The summed E-state index contributed by atoms with van der Waals surface area (Å²) in [4.78, 5) is 30.4. The minimum absolute atomic E-state index is 0.00328. The average molecular weight is 582 g/mol. The highest BCUT2D eigenvalue weighted by molar-refractivity contribution is 6.16. The van der Waals surface area contributed by atoms with Crippen LogP contribution >= 0.6 is 0 Å². The Hall–Kier alpha value is -4.50. The summed E-state index contributed by atoms with van der Waals surface area (Å²) in [6.45, 7) is 2.45. The zero-order valence-electron chi connectivity index (χ0n) is 23.8. The number of hydrogen-bond donors (Lipinski definition) is 2. The summed E-state index contributed by atoms with van der Waals surface area (Å²) >= 11 is 0. The molecule has 9 heteroatoms. The Morgan fingerprint density at radius 3 is 2.35 bits per heavy atom. The Morgan fingerprint density at radius 2 is 1.65 bits per heavy atom. The number of nitrogens with one attached hydrogen (secondary N) is 2. The van der Waals surface area contributed by atoms with Crippen molar-refractivity contribution in [3.05, 3.63) is 84.3 Å². The fraction of sp³-hybridized carbons (Fsp3) is 0.324. The third kappa shape index (κ3) is 5.64. The molecule has 2 N–H and O–H groups in total. The minimum atomic E-state index is -1.17. The molecule has 2 aliphatic carbocycles. The van der Waals surface area contributed by atoms with Crippen LogP contribution in [0.3, 0.4) is 0 Å². The van der Waals surface area contributed by atoms with E-state index in [0.29, 0.717) is 47.5 Å². The van der Waals surface area contributed by atoms with Gasteiger partial charge in [0.05, 0.1) is 17.2 Å². The highest BCUT2D eigenvalue weighted by atomic mass is 19.1. The summed E-state index contributed by atoms with van der Waals surface area (Å²) in [5.74, 6) is -0.365. The summed E-state index contributed by atoms with van der Waals surface area (Å²) in [5, 5.41) is 6.22. The van der Waals surface area contributed by atoms with Crippen molar-refractivity contribution in [3.63, 3.8) is 0 Å². The second-order valence-corrected chi connectivity index (χ2v) is 11.9. The normalized spacial score (nSPS) is 19.2. The topological polar surface area (TPSA) is 98.8 Å². The van der Waals surface area contributed by atoms with Gasteiger partial charge < -0.3 is 24.8 Å². The molecule has 1 saturated heterocycles. The van der Waals surface area contributed by atoms with E-state index in [0.717, 1.165) is 31.2 Å². The quantitative estimate of drug-likeness (QED) is 0.208. The minimum Gasteiger partial charge on any atom is -0.491 e. The van der Waals surface area contributed by atoms with Gasteiger partial charge in [-0.2, -0.15) is 0 Å². The maximum absolute atomic E-state index is 15.1. The van der Waals surface area contributed by atoms with Gasteiger partial charge in [-0.25, -0.2) is 4.39 Å². The first-order valence-corrected chi connectivity index (χ1v) is 14.7. The van der Waals surface area contributed by atoms with Gasteiger partial charge in [-0.05, 0) is 87.9 Å². The number of halogens is 1. The number of fused-ring (bicyclic) bond motifs is 1. The van der Waals surface area contributed by atoms with Gasteiger partial charge in [0.2, 0.25) is 11.8 Å². The number of aryl methyl sites for hydroxylation is 1. The van der Waals surface area contributed by atoms with Crippen LogP contribution in [0.2, 0.25) is 0 Å². The highest BCUT2D eigenvalue weighted by Crippen LogP contribution is 2.50. The van der Waals surface area contributed by atoms with Gasteiger partial charge in [-0.3, -0.25) is 14.6 Å². The molecule has 8 nitrogen and oxygen atoms in total. The molecular weight excluding hydrogens is 549 g/mol. The standard InChI is InChI=1S/C34H32FN3O5/c1-21-2-4-22(5-3-21)37-31(39)34(15-16-34)32(40)38-23-6-9-30(27(35)18-23)42-29-11-17-36-28-19-24(7-8-26(28)29)41-20-25-10-12-33(43-25)13-14-33/h2-9,11,17-19,25H,10,12-16,20H2,1H3,(H,37,39)(H,38,40). The monoisotopic (exact) mass is 581 g/mol. The van der Waals surface area contributed by atoms with Crippen LogP contribution in [0.25, 0.3) is 10.9 Å². The van der Waals surface area contributed by atoms with Gasteiger partial charge in [-0.1, -0.05) is 17.7 Å². The van der Waals surface area contributed by atoms with Gasteiger partial charge >= 0.3 is 0 Å². The van der Waals surface area contributed by atoms with Crippen molar-refractivity contribution in [2.45, 2.75) is 57.2 Å². The van der Waals surface area contributed by atoms with Crippen LogP contribution in [-0.4, -0.2) is 35.1 Å². The third-order valence-electron chi connectivity index (χ3n) is 8.59. The molecule has 0 bridgehead atoms. The molecule has 1 aliphatic heterocycles. The lowest BCUT2D eigenvalue weighted by atomic mass is 10.0. The first-order chi connectivity index (χ1) is 20.8. The van der Waals surface area contributed by atoms with Crippen LogP contribution in [0.4, 0.5) is 15.8 Å². The lowest BCUT2D eigenvalue weighted by molar-refractivity contribution is -0.131.